The van der Waals surface area contributed by atoms with Gasteiger partial charge in [0.1, 0.15) is 11.4 Å². The third-order valence-corrected chi connectivity index (χ3v) is 5.39. The minimum atomic E-state index is -0.542. The average molecular weight is 470 g/mol. The molecule has 2 aromatic rings. The number of nitrogens with one attached hydrogen (secondary N) is 2. The molecular weight excluding hydrogens is 448 g/mol. The first-order chi connectivity index (χ1) is 13.1. The maximum absolute atomic E-state index is 12.4. The van der Waals surface area contributed by atoms with E-state index in [4.69, 9.17) is 16.3 Å². The van der Waals surface area contributed by atoms with Crippen molar-refractivity contribution < 1.29 is 14.3 Å². The van der Waals surface area contributed by atoms with E-state index in [1.807, 2.05) is 20.8 Å². The molecule has 9 heteroatoms. The molecule has 1 aliphatic heterocycles. The minimum absolute atomic E-state index is 0.0856. The zero-order chi connectivity index (χ0) is 20.5. The number of aromatic amines is 1. The van der Waals surface area contributed by atoms with E-state index in [9.17, 15) is 9.59 Å². The van der Waals surface area contributed by atoms with Crippen LogP contribution in [0.2, 0.25) is 5.02 Å². The minimum Gasteiger partial charge on any atom is -0.444 e. The predicted octanol–water partition coefficient (Wildman–Crippen LogP) is 4.30. The highest BCUT2D eigenvalue weighted by Gasteiger charge is 2.28. The normalized spacial score (nSPS) is 13.8. The molecule has 0 atom stereocenters. The van der Waals surface area contributed by atoms with Crippen molar-refractivity contribution in [3.05, 3.63) is 44.9 Å². The number of hydrogen-bond acceptors (Lipinski definition) is 4. The molecule has 3 rings (SSSR count). The maximum atomic E-state index is 12.4. The Balaban J connectivity index is 1.63. The first-order valence-electron chi connectivity index (χ1n) is 8.91. The van der Waals surface area contributed by atoms with Crippen molar-refractivity contribution >= 4 is 45.2 Å². The molecule has 2 N–H and O–H groups in total. The number of hydrogen-bond donors (Lipinski definition) is 2. The third kappa shape index (κ3) is 5.05. The molecule has 150 valence electrons. The summed E-state index contributed by atoms with van der Waals surface area (Å²) in [5.74, 6) is 0.328. The molecule has 1 aliphatic rings. The Hall–Kier alpha value is -2.06. The largest absolute Gasteiger partial charge is 0.444 e. The molecular formula is C19H22BrClN4O3. The van der Waals surface area contributed by atoms with Crippen LogP contribution in [0, 0.1) is 0 Å². The van der Waals surface area contributed by atoms with Crippen LogP contribution >= 0.6 is 27.5 Å². The van der Waals surface area contributed by atoms with Gasteiger partial charge >= 0.3 is 6.09 Å². The van der Waals surface area contributed by atoms with E-state index in [1.54, 1.807) is 23.1 Å². The van der Waals surface area contributed by atoms with Gasteiger partial charge < -0.3 is 19.9 Å². The second-order valence-electron chi connectivity index (χ2n) is 7.59. The number of rotatable bonds is 3. The maximum Gasteiger partial charge on any atom is 0.410 e. The Morgan fingerprint density at radius 3 is 2.86 bits per heavy atom. The summed E-state index contributed by atoms with van der Waals surface area (Å²) in [7, 11) is 0. The monoisotopic (exact) mass is 468 g/mol. The predicted molar refractivity (Wildman–Crippen MR) is 110 cm³/mol. The molecule has 1 aromatic heterocycles. The third-order valence-electron chi connectivity index (χ3n) is 4.09. The topological polar surface area (TPSA) is 87.3 Å². The molecule has 7 nitrogen and oxygen atoms in total. The summed E-state index contributed by atoms with van der Waals surface area (Å²) in [5, 5.41) is 3.23. The van der Waals surface area contributed by atoms with Crippen LogP contribution in [-0.2, 0) is 28.9 Å². The van der Waals surface area contributed by atoms with Crippen LogP contribution in [0.5, 0.6) is 0 Å². The number of carbonyl (C=O) groups is 2. The van der Waals surface area contributed by atoms with Gasteiger partial charge in [0.15, 0.2) is 0 Å². The van der Waals surface area contributed by atoms with Crippen molar-refractivity contribution in [3.8, 4) is 0 Å². The van der Waals surface area contributed by atoms with E-state index < -0.39 is 5.60 Å². The average Bonchev–Trinajstić information content (AvgIpc) is 2.98. The Labute approximate surface area is 176 Å². The first kappa shape index (κ1) is 20.7. The summed E-state index contributed by atoms with van der Waals surface area (Å²) in [4.78, 5) is 33.9. The van der Waals surface area contributed by atoms with E-state index in [-0.39, 0.29) is 18.4 Å². The highest BCUT2D eigenvalue weighted by atomic mass is 79.9. The van der Waals surface area contributed by atoms with Gasteiger partial charge in [0.05, 0.1) is 29.4 Å². The number of benzene rings is 1. The van der Waals surface area contributed by atoms with Gasteiger partial charge in [-0.3, -0.25) is 4.79 Å². The van der Waals surface area contributed by atoms with Gasteiger partial charge in [0.25, 0.3) is 0 Å². The van der Waals surface area contributed by atoms with Crippen molar-refractivity contribution in [1.82, 2.24) is 14.9 Å². The number of amides is 2. The highest BCUT2D eigenvalue weighted by Crippen LogP contribution is 2.30. The first-order valence-corrected chi connectivity index (χ1v) is 10.1. The Bertz CT molecular complexity index is 907. The Morgan fingerprint density at radius 1 is 1.39 bits per heavy atom. The number of H-pyrrole nitrogens is 1. The molecule has 0 saturated heterocycles. The van der Waals surface area contributed by atoms with Crippen LogP contribution in [0.4, 0.5) is 10.5 Å². The van der Waals surface area contributed by atoms with Crippen LogP contribution in [0.25, 0.3) is 0 Å². The van der Waals surface area contributed by atoms with Gasteiger partial charge in [-0.2, -0.15) is 0 Å². The number of carbonyl (C=O) groups excluding carboxylic acids is 2. The number of imidazole rings is 1. The molecule has 0 aliphatic carbocycles. The molecule has 28 heavy (non-hydrogen) atoms. The van der Waals surface area contributed by atoms with Crippen molar-refractivity contribution in [1.29, 1.82) is 0 Å². The number of fused-ring (bicyclic) bond motifs is 1. The molecule has 0 spiro atoms. The standard InChI is InChI=1S/C19H22BrClN4O3/c1-19(2,3)28-18(27)25-8-7-12-14(10-25)23-15(22-12)9-16(26)24-13-6-4-5-11(20)17(13)21/h4-6H,7-10H2,1-3H3,(H,22,23)(H,24,26). The smallest absolute Gasteiger partial charge is 0.410 e. The summed E-state index contributed by atoms with van der Waals surface area (Å²) in [6.45, 7) is 6.42. The Kier molecular flexibility index (Phi) is 6.00. The van der Waals surface area contributed by atoms with E-state index >= 15 is 0 Å². The second kappa shape index (κ2) is 8.13. The van der Waals surface area contributed by atoms with E-state index in [1.165, 1.54) is 0 Å². The summed E-state index contributed by atoms with van der Waals surface area (Å²) in [5.41, 5.74) is 1.71. The van der Waals surface area contributed by atoms with Crippen LogP contribution in [0.15, 0.2) is 22.7 Å². The van der Waals surface area contributed by atoms with Crippen LogP contribution < -0.4 is 5.32 Å². The lowest BCUT2D eigenvalue weighted by atomic mass is 10.1. The zero-order valence-electron chi connectivity index (χ0n) is 15.9. The van der Waals surface area contributed by atoms with Gasteiger partial charge in [0, 0.05) is 23.1 Å². The van der Waals surface area contributed by atoms with E-state index in [0.717, 1.165) is 11.4 Å². The SMILES string of the molecule is CC(C)(C)OC(=O)N1CCc2[nH]c(CC(=O)Nc3cccc(Br)c3Cl)nc2C1. The number of ether oxygens (including phenoxy) is 1. The molecule has 2 heterocycles. The fourth-order valence-corrected chi connectivity index (χ4v) is 3.40. The van der Waals surface area contributed by atoms with Crippen LogP contribution in [-0.4, -0.2) is 39.0 Å². The van der Waals surface area contributed by atoms with Crippen LogP contribution in [0.3, 0.4) is 0 Å². The fraction of sp³-hybridized carbons (Fsp3) is 0.421. The summed E-state index contributed by atoms with van der Waals surface area (Å²) in [6, 6.07) is 5.33. The number of halogens is 2. The van der Waals surface area contributed by atoms with Crippen molar-refractivity contribution in [3.63, 3.8) is 0 Å². The van der Waals surface area contributed by atoms with Gasteiger partial charge in [-0.1, -0.05) is 17.7 Å². The van der Waals surface area contributed by atoms with Gasteiger partial charge in [-0.15, -0.1) is 0 Å². The number of aromatic nitrogens is 2. The quantitative estimate of drug-likeness (QED) is 0.701. The van der Waals surface area contributed by atoms with Gasteiger partial charge in [0.2, 0.25) is 5.91 Å². The molecule has 0 fully saturated rings. The van der Waals surface area contributed by atoms with E-state index in [0.29, 0.717) is 40.5 Å². The van der Waals surface area contributed by atoms with Gasteiger partial charge in [-0.25, -0.2) is 9.78 Å². The molecule has 2 amide bonds. The summed E-state index contributed by atoms with van der Waals surface area (Å²) >= 11 is 9.51. The molecule has 0 saturated carbocycles. The lowest BCUT2D eigenvalue weighted by Crippen LogP contribution is -2.39. The van der Waals surface area contributed by atoms with Gasteiger partial charge in [-0.05, 0) is 48.8 Å². The fourth-order valence-electron chi connectivity index (χ4n) is 2.86. The van der Waals surface area contributed by atoms with Crippen molar-refractivity contribution in [2.24, 2.45) is 0 Å². The number of nitrogens with zero attached hydrogens (tertiary/aromatic N) is 2. The van der Waals surface area contributed by atoms with Crippen LogP contribution in [0.1, 0.15) is 38.0 Å². The summed E-state index contributed by atoms with van der Waals surface area (Å²) < 4.78 is 6.13. The highest BCUT2D eigenvalue weighted by molar-refractivity contribution is 9.10. The molecule has 0 bridgehead atoms. The summed E-state index contributed by atoms with van der Waals surface area (Å²) in [6.07, 6.45) is 0.368. The number of anilines is 1. The molecule has 0 radical (unpaired) electrons. The second-order valence-corrected chi connectivity index (χ2v) is 8.82. The lowest BCUT2D eigenvalue weighted by molar-refractivity contribution is -0.115. The zero-order valence-corrected chi connectivity index (χ0v) is 18.3. The lowest BCUT2D eigenvalue weighted by Gasteiger charge is -2.29. The van der Waals surface area contributed by atoms with E-state index in [2.05, 4.69) is 31.2 Å². The van der Waals surface area contributed by atoms with Crippen molar-refractivity contribution in [2.45, 2.75) is 45.8 Å². The van der Waals surface area contributed by atoms with Crippen molar-refractivity contribution in [2.75, 3.05) is 11.9 Å². The Morgan fingerprint density at radius 2 is 2.14 bits per heavy atom. The molecule has 0 unspecified atom stereocenters. The molecule has 1 aromatic carbocycles.